The molecular formula is C13H13BrCl3N3. The van der Waals surface area contributed by atoms with Gasteiger partial charge in [-0.3, -0.25) is 4.68 Å². The molecule has 0 aliphatic rings. The van der Waals surface area contributed by atoms with Crippen molar-refractivity contribution in [2.45, 2.75) is 19.9 Å². The summed E-state index contributed by atoms with van der Waals surface area (Å²) in [5, 5.41) is 9.18. The van der Waals surface area contributed by atoms with Crippen LogP contribution in [0.3, 0.4) is 0 Å². The van der Waals surface area contributed by atoms with E-state index in [4.69, 9.17) is 34.8 Å². The van der Waals surface area contributed by atoms with Gasteiger partial charge in [0.05, 0.1) is 38.1 Å². The van der Waals surface area contributed by atoms with Crippen LogP contribution in [0.1, 0.15) is 18.3 Å². The molecule has 0 saturated heterocycles. The van der Waals surface area contributed by atoms with Crippen LogP contribution >= 0.6 is 50.7 Å². The van der Waals surface area contributed by atoms with Gasteiger partial charge in [-0.05, 0) is 34.5 Å². The minimum absolute atomic E-state index is 0.497. The molecule has 20 heavy (non-hydrogen) atoms. The maximum absolute atomic E-state index is 6.15. The Bertz CT molecular complexity index is 617. The molecule has 1 aromatic carbocycles. The van der Waals surface area contributed by atoms with E-state index in [1.165, 1.54) is 0 Å². The Hall–Kier alpha value is -0.420. The van der Waals surface area contributed by atoms with Crippen LogP contribution in [0.5, 0.6) is 0 Å². The summed E-state index contributed by atoms with van der Waals surface area (Å²) < 4.78 is 2.85. The number of anilines is 1. The van der Waals surface area contributed by atoms with Gasteiger partial charge < -0.3 is 5.32 Å². The van der Waals surface area contributed by atoms with Crippen LogP contribution < -0.4 is 5.32 Å². The molecule has 108 valence electrons. The molecule has 3 nitrogen and oxygen atoms in total. The van der Waals surface area contributed by atoms with Crippen molar-refractivity contribution >= 4 is 56.4 Å². The molecular weight excluding hydrogens is 384 g/mol. The summed E-state index contributed by atoms with van der Waals surface area (Å²) in [4.78, 5) is 0. The number of hydrogen-bond acceptors (Lipinski definition) is 2. The van der Waals surface area contributed by atoms with Crippen LogP contribution in [0, 0.1) is 0 Å². The van der Waals surface area contributed by atoms with Gasteiger partial charge in [0, 0.05) is 12.1 Å². The zero-order valence-electron chi connectivity index (χ0n) is 11.0. The SMILES string of the molecule is CCc1nn(C)c(CNc2c(Cl)cc(Cl)cc2Cl)c1Br. The second-order valence-corrected chi connectivity index (χ2v) is 6.33. The lowest BCUT2D eigenvalue weighted by Gasteiger charge is -2.11. The summed E-state index contributed by atoms with van der Waals surface area (Å²) in [5.74, 6) is 0. The van der Waals surface area contributed by atoms with Gasteiger partial charge in [-0.15, -0.1) is 0 Å². The molecule has 0 amide bonds. The monoisotopic (exact) mass is 395 g/mol. The third-order valence-corrected chi connectivity index (χ3v) is 4.67. The number of rotatable bonds is 4. The number of hydrogen-bond donors (Lipinski definition) is 1. The summed E-state index contributed by atoms with van der Waals surface area (Å²) in [6, 6.07) is 3.32. The highest BCUT2D eigenvalue weighted by Gasteiger charge is 2.14. The molecule has 0 fully saturated rings. The summed E-state index contributed by atoms with van der Waals surface area (Å²) in [6.07, 6.45) is 0.872. The Labute approximate surface area is 141 Å². The van der Waals surface area contributed by atoms with E-state index in [0.717, 1.165) is 22.3 Å². The third kappa shape index (κ3) is 3.25. The Morgan fingerprint density at radius 3 is 2.35 bits per heavy atom. The van der Waals surface area contributed by atoms with Crippen molar-refractivity contribution in [3.8, 4) is 0 Å². The van der Waals surface area contributed by atoms with Crippen molar-refractivity contribution in [3.63, 3.8) is 0 Å². The lowest BCUT2D eigenvalue weighted by Crippen LogP contribution is -2.06. The number of aryl methyl sites for hydroxylation is 2. The quantitative estimate of drug-likeness (QED) is 0.757. The summed E-state index contributed by atoms with van der Waals surface area (Å²) in [7, 11) is 1.91. The van der Waals surface area contributed by atoms with Gasteiger partial charge in [-0.2, -0.15) is 5.10 Å². The Morgan fingerprint density at radius 2 is 1.85 bits per heavy atom. The second kappa shape index (κ2) is 6.56. The summed E-state index contributed by atoms with van der Waals surface area (Å²) in [5.41, 5.74) is 2.73. The van der Waals surface area contributed by atoms with E-state index in [-0.39, 0.29) is 0 Å². The molecule has 0 radical (unpaired) electrons. The zero-order chi connectivity index (χ0) is 14.9. The van der Waals surface area contributed by atoms with Crippen LogP contribution in [0.25, 0.3) is 0 Å². The molecule has 0 aliphatic heterocycles. The third-order valence-electron chi connectivity index (χ3n) is 2.94. The molecule has 2 rings (SSSR count). The van der Waals surface area contributed by atoms with Crippen LogP contribution in [-0.2, 0) is 20.0 Å². The first-order valence-electron chi connectivity index (χ1n) is 6.02. The molecule has 0 bridgehead atoms. The highest BCUT2D eigenvalue weighted by atomic mass is 79.9. The molecule has 2 aromatic rings. The largest absolute Gasteiger partial charge is 0.377 e. The van der Waals surface area contributed by atoms with Crippen molar-refractivity contribution in [2.24, 2.45) is 7.05 Å². The fourth-order valence-electron chi connectivity index (χ4n) is 1.90. The van der Waals surface area contributed by atoms with E-state index in [1.807, 2.05) is 11.7 Å². The molecule has 0 atom stereocenters. The van der Waals surface area contributed by atoms with E-state index in [9.17, 15) is 0 Å². The minimum atomic E-state index is 0.497. The number of nitrogens with zero attached hydrogens (tertiary/aromatic N) is 2. The van der Waals surface area contributed by atoms with Gasteiger partial charge in [-0.1, -0.05) is 41.7 Å². The van der Waals surface area contributed by atoms with Crippen molar-refractivity contribution in [1.29, 1.82) is 0 Å². The molecule has 1 aromatic heterocycles. The summed E-state index contributed by atoms with van der Waals surface area (Å²) >= 11 is 21.8. The van der Waals surface area contributed by atoms with E-state index in [0.29, 0.717) is 27.3 Å². The average molecular weight is 398 g/mol. The van der Waals surface area contributed by atoms with E-state index in [2.05, 4.69) is 33.3 Å². The van der Waals surface area contributed by atoms with Crippen LogP contribution in [0.15, 0.2) is 16.6 Å². The van der Waals surface area contributed by atoms with Gasteiger partial charge in [0.25, 0.3) is 0 Å². The number of nitrogens with one attached hydrogen (secondary N) is 1. The standard InChI is InChI=1S/C13H13BrCl3N3/c1-3-10-12(14)11(20(2)19-10)6-18-13-8(16)4-7(15)5-9(13)17/h4-5,18H,3,6H2,1-2H3. The molecule has 0 saturated carbocycles. The molecule has 0 aliphatic carbocycles. The second-order valence-electron chi connectivity index (χ2n) is 4.28. The van der Waals surface area contributed by atoms with Crippen molar-refractivity contribution < 1.29 is 0 Å². The summed E-state index contributed by atoms with van der Waals surface area (Å²) in [6.45, 7) is 2.63. The fraction of sp³-hybridized carbons (Fsp3) is 0.308. The van der Waals surface area contributed by atoms with E-state index >= 15 is 0 Å². The topological polar surface area (TPSA) is 29.9 Å². The number of aromatic nitrogens is 2. The predicted molar refractivity (Wildman–Crippen MR) is 89.1 cm³/mol. The average Bonchev–Trinajstić information content (AvgIpc) is 2.64. The van der Waals surface area contributed by atoms with E-state index < -0.39 is 0 Å². The molecule has 1 N–H and O–H groups in total. The fourth-order valence-corrected chi connectivity index (χ4v) is 3.60. The van der Waals surface area contributed by atoms with Crippen LogP contribution in [0.2, 0.25) is 15.1 Å². The van der Waals surface area contributed by atoms with E-state index in [1.54, 1.807) is 12.1 Å². The van der Waals surface area contributed by atoms with Gasteiger partial charge in [-0.25, -0.2) is 0 Å². The van der Waals surface area contributed by atoms with Gasteiger partial charge >= 0.3 is 0 Å². The number of halogens is 4. The smallest absolute Gasteiger partial charge is 0.0767 e. The van der Waals surface area contributed by atoms with Crippen LogP contribution in [0.4, 0.5) is 5.69 Å². The lowest BCUT2D eigenvalue weighted by molar-refractivity contribution is 0.706. The van der Waals surface area contributed by atoms with Crippen molar-refractivity contribution in [3.05, 3.63) is 43.1 Å². The maximum Gasteiger partial charge on any atom is 0.0767 e. The van der Waals surface area contributed by atoms with Gasteiger partial charge in [0.2, 0.25) is 0 Å². The molecule has 0 spiro atoms. The highest BCUT2D eigenvalue weighted by Crippen LogP contribution is 2.34. The number of benzene rings is 1. The minimum Gasteiger partial charge on any atom is -0.377 e. The zero-order valence-corrected chi connectivity index (χ0v) is 14.8. The Kier molecular flexibility index (Phi) is 5.24. The first-order chi connectivity index (χ1) is 9.43. The molecule has 1 heterocycles. The van der Waals surface area contributed by atoms with Gasteiger partial charge in [0.1, 0.15) is 0 Å². The van der Waals surface area contributed by atoms with Gasteiger partial charge in [0.15, 0.2) is 0 Å². The normalized spacial score (nSPS) is 10.9. The lowest BCUT2D eigenvalue weighted by atomic mass is 10.2. The van der Waals surface area contributed by atoms with Crippen molar-refractivity contribution in [2.75, 3.05) is 5.32 Å². The highest BCUT2D eigenvalue weighted by molar-refractivity contribution is 9.10. The maximum atomic E-state index is 6.15. The predicted octanol–water partition coefficient (Wildman–Crippen LogP) is 5.32. The van der Waals surface area contributed by atoms with Crippen molar-refractivity contribution in [1.82, 2.24) is 9.78 Å². The molecule has 7 heteroatoms. The first-order valence-corrected chi connectivity index (χ1v) is 7.95. The first kappa shape index (κ1) is 16.0. The Morgan fingerprint density at radius 1 is 1.25 bits per heavy atom. The molecule has 0 unspecified atom stereocenters. The Balaban J connectivity index is 2.24. The van der Waals surface area contributed by atoms with Crippen LogP contribution in [-0.4, -0.2) is 9.78 Å².